The standard InChI is InChI=1S/C38H72N2O/c1-4-6-8-10-12-14-16-18-20-22-24-26-28-30-32-34-36-40(38(41)39-3)37-35-33-31-29-27-25-23-21-19-17-15-13-11-9-7-5-2/h18-21H,3-17,22-37H2,1-2H3/b20-18-,21-19-. The lowest BCUT2D eigenvalue weighted by atomic mass is 10.1. The molecule has 0 rings (SSSR count). The Balaban J connectivity index is 3.58. The molecule has 0 aliphatic heterocycles. The van der Waals surface area contributed by atoms with Gasteiger partial charge in [0.1, 0.15) is 0 Å². The molecule has 0 aromatic heterocycles. The SMILES string of the molecule is C=NC(=O)N(CCCCCCCC/C=C\CCCCCCCC)CCCCCCCC/C=C\CCCCCCCC. The molecule has 2 amide bonds. The van der Waals surface area contributed by atoms with Crippen molar-refractivity contribution in [3.05, 3.63) is 24.3 Å². The third kappa shape index (κ3) is 31.4. The van der Waals surface area contributed by atoms with Crippen LogP contribution in [0.1, 0.15) is 194 Å². The average Bonchev–Trinajstić information content (AvgIpc) is 2.99. The maximum absolute atomic E-state index is 12.2. The van der Waals surface area contributed by atoms with Gasteiger partial charge in [-0.25, -0.2) is 9.79 Å². The van der Waals surface area contributed by atoms with Crippen molar-refractivity contribution in [3.63, 3.8) is 0 Å². The number of carbonyl (C=O) groups excluding carboxylic acids is 1. The third-order valence-electron chi connectivity index (χ3n) is 8.29. The fourth-order valence-electron chi connectivity index (χ4n) is 5.50. The second kappa shape index (κ2) is 34.8. The highest BCUT2D eigenvalue weighted by Crippen LogP contribution is 2.13. The Kier molecular flexibility index (Phi) is 33.6. The molecule has 240 valence electrons. The van der Waals surface area contributed by atoms with E-state index in [1.807, 2.05) is 4.90 Å². The summed E-state index contributed by atoms with van der Waals surface area (Å²) in [6, 6.07) is -0.134. The minimum Gasteiger partial charge on any atom is -0.323 e. The van der Waals surface area contributed by atoms with Crippen molar-refractivity contribution in [3.8, 4) is 0 Å². The Morgan fingerprint density at radius 1 is 0.463 bits per heavy atom. The maximum Gasteiger partial charge on any atom is 0.342 e. The number of carbonyl (C=O) groups is 1. The highest BCUT2D eigenvalue weighted by atomic mass is 16.2. The molecule has 41 heavy (non-hydrogen) atoms. The number of rotatable bonds is 32. The van der Waals surface area contributed by atoms with E-state index in [0.717, 1.165) is 25.9 Å². The Morgan fingerprint density at radius 3 is 1.02 bits per heavy atom. The van der Waals surface area contributed by atoms with Gasteiger partial charge in [-0.3, -0.25) is 0 Å². The summed E-state index contributed by atoms with van der Waals surface area (Å²) in [5.74, 6) is 0. The van der Waals surface area contributed by atoms with Gasteiger partial charge in [-0.05, 0) is 70.9 Å². The second-order valence-electron chi connectivity index (χ2n) is 12.3. The van der Waals surface area contributed by atoms with Crippen LogP contribution in [-0.2, 0) is 0 Å². The number of nitrogens with zero attached hydrogens (tertiary/aromatic N) is 2. The Bertz CT molecular complexity index is 555. The fourth-order valence-corrected chi connectivity index (χ4v) is 5.50. The predicted octanol–water partition coefficient (Wildman–Crippen LogP) is 13.2. The zero-order chi connectivity index (χ0) is 29.9. The smallest absolute Gasteiger partial charge is 0.323 e. The van der Waals surface area contributed by atoms with Crippen LogP contribution in [0.2, 0.25) is 0 Å². The number of unbranched alkanes of at least 4 members (excludes halogenated alkanes) is 24. The molecular formula is C38H72N2O. The van der Waals surface area contributed by atoms with Crippen LogP contribution in [0.25, 0.3) is 0 Å². The summed E-state index contributed by atoms with van der Waals surface area (Å²) in [4.78, 5) is 17.8. The van der Waals surface area contributed by atoms with Crippen molar-refractivity contribution in [1.29, 1.82) is 0 Å². The van der Waals surface area contributed by atoms with Crippen LogP contribution in [0.15, 0.2) is 29.3 Å². The number of amides is 2. The molecule has 0 aliphatic rings. The molecule has 0 bridgehead atoms. The molecule has 0 N–H and O–H groups in total. The lowest BCUT2D eigenvalue weighted by molar-refractivity contribution is 0.205. The summed E-state index contributed by atoms with van der Waals surface area (Å²) in [5.41, 5.74) is 0. The van der Waals surface area contributed by atoms with E-state index in [9.17, 15) is 4.79 Å². The maximum atomic E-state index is 12.2. The van der Waals surface area contributed by atoms with Gasteiger partial charge >= 0.3 is 6.03 Å². The molecule has 0 saturated carbocycles. The Morgan fingerprint density at radius 2 is 0.732 bits per heavy atom. The zero-order valence-corrected chi connectivity index (χ0v) is 28.0. The molecule has 0 aliphatic carbocycles. The first-order chi connectivity index (χ1) is 20.3. The van der Waals surface area contributed by atoms with Gasteiger partial charge in [-0.2, -0.15) is 0 Å². The van der Waals surface area contributed by atoms with Gasteiger partial charge in [-0.15, -0.1) is 0 Å². The molecule has 0 aromatic carbocycles. The van der Waals surface area contributed by atoms with Gasteiger partial charge in [0, 0.05) is 13.1 Å². The summed E-state index contributed by atoms with van der Waals surface area (Å²) < 4.78 is 0. The van der Waals surface area contributed by atoms with Crippen molar-refractivity contribution in [2.75, 3.05) is 13.1 Å². The first kappa shape index (κ1) is 39.6. The Hall–Kier alpha value is -1.38. The highest BCUT2D eigenvalue weighted by Gasteiger charge is 2.10. The summed E-state index contributed by atoms with van der Waals surface area (Å²) in [6.45, 7) is 9.71. The van der Waals surface area contributed by atoms with Crippen LogP contribution in [0.5, 0.6) is 0 Å². The largest absolute Gasteiger partial charge is 0.342 e. The molecule has 0 unspecified atom stereocenters. The quantitative estimate of drug-likeness (QED) is 0.0448. The van der Waals surface area contributed by atoms with E-state index in [1.165, 1.54) is 167 Å². The van der Waals surface area contributed by atoms with Gasteiger partial charge in [0.25, 0.3) is 0 Å². The van der Waals surface area contributed by atoms with E-state index in [4.69, 9.17) is 0 Å². The minimum atomic E-state index is -0.134. The monoisotopic (exact) mass is 573 g/mol. The molecule has 0 fully saturated rings. The Labute approximate surface area is 258 Å². The molecule has 0 radical (unpaired) electrons. The molecule has 3 heteroatoms. The molecule has 0 saturated heterocycles. The van der Waals surface area contributed by atoms with Crippen LogP contribution in [0, 0.1) is 0 Å². The lowest BCUT2D eigenvalue weighted by Crippen LogP contribution is -2.30. The van der Waals surface area contributed by atoms with Crippen LogP contribution in [-0.4, -0.2) is 30.7 Å². The van der Waals surface area contributed by atoms with E-state index in [-0.39, 0.29) is 6.03 Å². The van der Waals surface area contributed by atoms with Gasteiger partial charge in [0.2, 0.25) is 0 Å². The molecular weight excluding hydrogens is 500 g/mol. The van der Waals surface area contributed by atoms with Crippen molar-refractivity contribution >= 4 is 12.7 Å². The van der Waals surface area contributed by atoms with Crippen LogP contribution >= 0.6 is 0 Å². The van der Waals surface area contributed by atoms with Crippen LogP contribution < -0.4 is 0 Å². The topological polar surface area (TPSA) is 32.7 Å². The number of hydrogen-bond acceptors (Lipinski definition) is 1. The summed E-state index contributed by atoms with van der Waals surface area (Å²) >= 11 is 0. The van der Waals surface area contributed by atoms with Gasteiger partial charge in [0.05, 0.1) is 0 Å². The first-order valence-electron chi connectivity index (χ1n) is 18.3. The van der Waals surface area contributed by atoms with Crippen molar-refractivity contribution in [1.82, 2.24) is 4.90 Å². The number of hydrogen-bond donors (Lipinski definition) is 0. The second-order valence-corrected chi connectivity index (χ2v) is 12.3. The van der Waals surface area contributed by atoms with Crippen LogP contribution in [0.3, 0.4) is 0 Å². The van der Waals surface area contributed by atoms with Crippen molar-refractivity contribution < 1.29 is 4.79 Å². The van der Waals surface area contributed by atoms with E-state index >= 15 is 0 Å². The molecule has 0 heterocycles. The van der Waals surface area contributed by atoms with Crippen molar-refractivity contribution in [2.24, 2.45) is 4.99 Å². The molecule has 0 atom stereocenters. The van der Waals surface area contributed by atoms with E-state index in [2.05, 4.69) is 49.9 Å². The average molecular weight is 573 g/mol. The first-order valence-corrected chi connectivity index (χ1v) is 18.3. The zero-order valence-electron chi connectivity index (χ0n) is 28.0. The number of aliphatic imine (C=N–C) groups is 1. The third-order valence-corrected chi connectivity index (χ3v) is 8.29. The summed E-state index contributed by atoms with van der Waals surface area (Å²) in [6.07, 6.45) is 46.3. The molecule has 0 spiro atoms. The van der Waals surface area contributed by atoms with Crippen LogP contribution in [0.4, 0.5) is 4.79 Å². The number of urea groups is 1. The minimum absolute atomic E-state index is 0.134. The summed E-state index contributed by atoms with van der Waals surface area (Å²) in [5, 5.41) is 0. The fraction of sp³-hybridized carbons (Fsp3) is 0.842. The molecule has 0 aromatic rings. The van der Waals surface area contributed by atoms with Gasteiger partial charge in [-0.1, -0.05) is 154 Å². The van der Waals surface area contributed by atoms with E-state index < -0.39 is 0 Å². The lowest BCUT2D eigenvalue weighted by Gasteiger charge is -2.20. The summed E-state index contributed by atoms with van der Waals surface area (Å²) in [7, 11) is 0. The van der Waals surface area contributed by atoms with Gasteiger partial charge in [0.15, 0.2) is 0 Å². The number of allylic oxidation sites excluding steroid dienone is 4. The van der Waals surface area contributed by atoms with E-state index in [1.54, 1.807) is 0 Å². The highest BCUT2D eigenvalue weighted by molar-refractivity contribution is 5.78. The molecule has 3 nitrogen and oxygen atoms in total. The predicted molar refractivity (Wildman–Crippen MR) is 185 cm³/mol. The van der Waals surface area contributed by atoms with Crippen molar-refractivity contribution in [2.45, 2.75) is 194 Å². The normalized spacial score (nSPS) is 11.7. The van der Waals surface area contributed by atoms with E-state index in [0.29, 0.717) is 0 Å². The van der Waals surface area contributed by atoms with Gasteiger partial charge < -0.3 is 4.90 Å².